The predicted octanol–water partition coefficient (Wildman–Crippen LogP) is 2.42. The zero-order valence-electron chi connectivity index (χ0n) is 15.2. The first-order valence-electron chi connectivity index (χ1n) is 8.88. The molecule has 1 aliphatic carbocycles. The fourth-order valence-corrected chi connectivity index (χ4v) is 3.37. The third-order valence-corrected chi connectivity index (χ3v) is 4.92. The van der Waals surface area contributed by atoms with Crippen LogP contribution in [0.2, 0.25) is 0 Å². The summed E-state index contributed by atoms with van der Waals surface area (Å²) in [6.45, 7) is 5.84. The quantitative estimate of drug-likeness (QED) is 0.828. The lowest BCUT2D eigenvalue weighted by Gasteiger charge is -2.09. The Hall–Kier alpha value is -2.02. The molecule has 0 radical (unpaired) electrons. The number of aliphatic hydroxyl groups is 1. The van der Waals surface area contributed by atoms with E-state index in [4.69, 9.17) is 9.05 Å². The van der Waals surface area contributed by atoms with Gasteiger partial charge in [0.15, 0.2) is 5.76 Å². The highest BCUT2D eigenvalue weighted by atomic mass is 16.5. The number of aliphatic hydroxyl groups excluding tert-OH is 1. The lowest BCUT2D eigenvalue weighted by molar-refractivity contribution is 0.180. The molecule has 0 amide bonds. The van der Waals surface area contributed by atoms with Crippen LogP contribution in [0.3, 0.4) is 0 Å². The highest BCUT2D eigenvalue weighted by Crippen LogP contribution is 2.43. The molecule has 1 unspecified atom stereocenters. The van der Waals surface area contributed by atoms with Gasteiger partial charge in [-0.05, 0) is 31.1 Å². The summed E-state index contributed by atoms with van der Waals surface area (Å²) in [4.78, 5) is 24.8. The van der Waals surface area contributed by atoms with Crippen LogP contribution < -0.4 is 11.1 Å². The third kappa shape index (κ3) is 3.25. The topological polar surface area (TPSA) is 90.5 Å². The van der Waals surface area contributed by atoms with Gasteiger partial charge in [0, 0.05) is 13.0 Å². The van der Waals surface area contributed by atoms with Crippen molar-refractivity contribution in [3.8, 4) is 0 Å². The van der Waals surface area contributed by atoms with Crippen molar-refractivity contribution in [2.75, 3.05) is 0 Å². The van der Waals surface area contributed by atoms with Crippen molar-refractivity contribution in [1.82, 2.24) is 9.48 Å². The van der Waals surface area contributed by atoms with E-state index in [-0.39, 0.29) is 29.6 Å². The molecule has 1 fully saturated rings. The SMILES string of the molecule is CC(C)c1c(CO)on(CCC(C)c2c(C3CC3)on(C)c2=O)c1=O. The Morgan fingerprint density at radius 3 is 2.32 bits per heavy atom. The van der Waals surface area contributed by atoms with Gasteiger partial charge in [0.2, 0.25) is 0 Å². The number of aromatic nitrogens is 2. The second kappa shape index (κ2) is 6.71. The van der Waals surface area contributed by atoms with Gasteiger partial charge in [0.1, 0.15) is 12.4 Å². The first kappa shape index (κ1) is 17.8. The van der Waals surface area contributed by atoms with Crippen molar-refractivity contribution in [3.05, 3.63) is 43.4 Å². The molecule has 1 aliphatic rings. The van der Waals surface area contributed by atoms with Gasteiger partial charge in [0.05, 0.1) is 17.7 Å². The fraction of sp³-hybridized carbons (Fsp3) is 0.667. The van der Waals surface area contributed by atoms with Gasteiger partial charge in [-0.3, -0.25) is 9.59 Å². The van der Waals surface area contributed by atoms with Gasteiger partial charge in [-0.15, -0.1) is 0 Å². The first-order chi connectivity index (χ1) is 11.8. The predicted molar refractivity (Wildman–Crippen MR) is 91.9 cm³/mol. The summed E-state index contributed by atoms with van der Waals surface area (Å²) in [5.74, 6) is 1.42. The fourth-order valence-electron chi connectivity index (χ4n) is 3.37. The summed E-state index contributed by atoms with van der Waals surface area (Å²) in [6, 6.07) is 0. The van der Waals surface area contributed by atoms with Gasteiger partial charge in [-0.25, -0.2) is 0 Å². The van der Waals surface area contributed by atoms with E-state index < -0.39 is 0 Å². The Bertz CT molecular complexity index is 863. The molecule has 1 N–H and O–H groups in total. The van der Waals surface area contributed by atoms with E-state index in [0.717, 1.165) is 24.2 Å². The van der Waals surface area contributed by atoms with Crippen LogP contribution in [0.5, 0.6) is 0 Å². The third-order valence-electron chi connectivity index (χ3n) is 4.92. The molecule has 2 aromatic heterocycles. The largest absolute Gasteiger partial charge is 0.388 e. The summed E-state index contributed by atoms with van der Waals surface area (Å²) < 4.78 is 13.7. The van der Waals surface area contributed by atoms with Gasteiger partial charge in [0.25, 0.3) is 11.1 Å². The zero-order valence-corrected chi connectivity index (χ0v) is 15.2. The minimum absolute atomic E-state index is 0.0142. The summed E-state index contributed by atoms with van der Waals surface area (Å²) in [6.07, 6.45) is 2.70. The van der Waals surface area contributed by atoms with Crippen molar-refractivity contribution in [2.24, 2.45) is 7.05 Å². The average molecular weight is 350 g/mol. The normalized spacial score (nSPS) is 15.9. The van der Waals surface area contributed by atoms with Gasteiger partial charge in [-0.1, -0.05) is 20.8 Å². The van der Waals surface area contributed by atoms with Crippen LogP contribution in [0, 0.1) is 0 Å². The summed E-state index contributed by atoms with van der Waals surface area (Å²) >= 11 is 0. The Balaban J connectivity index is 1.81. The minimum Gasteiger partial charge on any atom is -0.388 e. The minimum atomic E-state index is -0.292. The molecule has 0 spiro atoms. The molecule has 2 aromatic rings. The molecule has 1 atom stereocenters. The smallest absolute Gasteiger partial charge is 0.286 e. The molecule has 25 heavy (non-hydrogen) atoms. The molecular formula is C18H26N2O5. The summed E-state index contributed by atoms with van der Waals surface area (Å²) in [5, 5.41) is 9.40. The number of rotatable bonds is 7. The maximum absolute atomic E-state index is 12.5. The van der Waals surface area contributed by atoms with Crippen molar-refractivity contribution in [1.29, 1.82) is 0 Å². The van der Waals surface area contributed by atoms with Crippen LogP contribution in [0.25, 0.3) is 0 Å². The molecular weight excluding hydrogens is 324 g/mol. The number of aryl methyl sites for hydroxylation is 2. The maximum Gasteiger partial charge on any atom is 0.286 e. The van der Waals surface area contributed by atoms with Crippen LogP contribution in [0.1, 0.15) is 80.4 Å². The Morgan fingerprint density at radius 2 is 1.80 bits per heavy atom. The first-order valence-corrected chi connectivity index (χ1v) is 8.88. The van der Waals surface area contributed by atoms with Crippen LogP contribution in [-0.4, -0.2) is 14.6 Å². The number of nitrogens with zero attached hydrogens (tertiary/aromatic N) is 2. The lowest BCUT2D eigenvalue weighted by atomic mass is 9.97. The highest BCUT2D eigenvalue weighted by Gasteiger charge is 2.34. The van der Waals surface area contributed by atoms with Gasteiger partial charge in [-0.2, -0.15) is 9.48 Å². The van der Waals surface area contributed by atoms with Gasteiger partial charge < -0.3 is 14.2 Å². The molecule has 0 aromatic carbocycles. The van der Waals surface area contributed by atoms with Crippen molar-refractivity contribution in [2.45, 2.75) is 70.9 Å². The molecule has 138 valence electrons. The van der Waals surface area contributed by atoms with E-state index in [2.05, 4.69) is 0 Å². The van der Waals surface area contributed by atoms with Crippen LogP contribution >= 0.6 is 0 Å². The molecule has 7 nitrogen and oxygen atoms in total. The van der Waals surface area contributed by atoms with E-state index in [0.29, 0.717) is 30.2 Å². The molecule has 2 heterocycles. The molecule has 1 saturated carbocycles. The molecule has 0 aliphatic heterocycles. The van der Waals surface area contributed by atoms with Crippen LogP contribution in [0.15, 0.2) is 18.6 Å². The lowest BCUT2D eigenvalue weighted by Crippen LogP contribution is -2.21. The standard InChI is InChI=1S/C18H26N2O5/c1-10(2)14-13(9-21)24-20(18(14)23)8-7-11(3)15-16(12-5-6-12)25-19(4)17(15)22/h10-12,21H,5-9H2,1-4H3. The Morgan fingerprint density at radius 1 is 1.12 bits per heavy atom. The zero-order chi connectivity index (χ0) is 18.3. The Labute approximate surface area is 145 Å². The van der Waals surface area contributed by atoms with Crippen LogP contribution in [-0.2, 0) is 20.2 Å². The molecule has 7 heteroatoms. The van der Waals surface area contributed by atoms with E-state index >= 15 is 0 Å². The van der Waals surface area contributed by atoms with E-state index in [1.54, 1.807) is 7.05 Å². The van der Waals surface area contributed by atoms with E-state index in [1.165, 1.54) is 9.48 Å². The monoisotopic (exact) mass is 350 g/mol. The second-order valence-corrected chi connectivity index (χ2v) is 7.28. The van der Waals surface area contributed by atoms with Crippen molar-refractivity contribution in [3.63, 3.8) is 0 Å². The average Bonchev–Trinajstić information content (AvgIpc) is 3.29. The van der Waals surface area contributed by atoms with E-state index in [1.807, 2.05) is 20.8 Å². The number of hydrogen-bond acceptors (Lipinski definition) is 5. The summed E-state index contributed by atoms with van der Waals surface area (Å²) in [7, 11) is 1.63. The maximum atomic E-state index is 12.5. The van der Waals surface area contributed by atoms with Crippen LogP contribution in [0.4, 0.5) is 0 Å². The highest BCUT2D eigenvalue weighted by molar-refractivity contribution is 5.25. The molecule has 3 rings (SSSR count). The Kier molecular flexibility index (Phi) is 4.77. The van der Waals surface area contributed by atoms with Gasteiger partial charge >= 0.3 is 0 Å². The number of hydrogen-bond donors (Lipinski definition) is 1. The summed E-state index contributed by atoms with van der Waals surface area (Å²) in [5.41, 5.74) is 0.943. The molecule has 0 bridgehead atoms. The van der Waals surface area contributed by atoms with Crippen molar-refractivity contribution >= 4 is 0 Å². The molecule has 0 saturated heterocycles. The second-order valence-electron chi connectivity index (χ2n) is 7.28. The van der Waals surface area contributed by atoms with Crippen molar-refractivity contribution < 1.29 is 14.2 Å². The van der Waals surface area contributed by atoms with E-state index in [9.17, 15) is 14.7 Å².